The van der Waals surface area contributed by atoms with Crippen LogP contribution in [0.2, 0.25) is 0 Å². The molecule has 0 aromatic heterocycles. The lowest BCUT2D eigenvalue weighted by molar-refractivity contribution is -0.151. The summed E-state index contributed by atoms with van der Waals surface area (Å²) in [5, 5.41) is 2.17. The molecule has 0 spiro atoms. The second-order valence-corrected chi connectivity index (χ2v) is 4.75. The van der Waals surface area contributed by atoms with E-state index in [0.29, 0.717) is 11.6 Å². The molecule has 1 N–H and O–H groups in total. The summed E-state index contributed by atoms with van der Waals surface area (Å²) in [7, 11) is 0. The molecule has 21 heavy (non-hydrogen) atoms. The van der Waals surface area contributed by atoms with Crippen molar-refractivity contribution in [3.05, 3.63) is 35.1 Å². The van der Waals surface area contributed by atoms with Gasteiger partial charge in [0.15, 0.2) is 0 Å². The van der Waals surface area contributed by atoms with Crippen molar-refractivity contribution in [2.24, 2.45) is 5.92 Å². The number of hydrogen-bond donors (Lipinski definition) is 1. The summed E-state index contributed by atoms with van der Waals surface area (Å²) < 4.78 is 74.6. The van der Waals surface area contributed by atoms with E-state index in [-0.39, 0.29) is 5.70 Å². The minimum Gasteiger partial charge on any atom is -0.326 e. The first-order valence-electron chi connectivity index (χ1n) is 5.94. The van der Waals surface area contributed by atoms with Crippen molar-refractivity contribution >= 4 is 5.91 Å². The van der Waals surface area contributed by atoms with Gasteiger partial charge in [-0.05, 0) is 19.1 Å². The number of halogens is 6. The van der Waals surface area contributed by atoms with Gasteiger partial charge in [-0.15, -0.1) is 0 Å². The Balaban J connectivity index is 3.16. The van der Waals surface area contributed by atoms with Crippen LogP contribution < -0.4 is 5.32 Å². The topological polar surface area (TPSA) is 29.1 Å². The zero-order chi connectivity index (χ0) is 16.4. The van der Waals surface area contributed by atoms with E-state index in [1.807, 2.05) is 0 Å². The number of carbonyl (C=O) groups excluding carboxylic acids is 1. The number of hydrogen-bond acceptors (Lipinski definition) is 1. The highest BCUT2D eigenvalue weighted by molar-refractivity contribution is 5.83. The maximum absolute atomic E-state index is 12.7. The first kappa shape index (κ1) is 17.3. The van der Waals surface area contributed by atoms with Gasteiger partial charge in [-0.3, -0.25) is 4.79 Å². The average Bonchev–Trinajstić information content (AvgIpc) is 2.34. The first-order chi connectivity index (χ1) is 9.38. The molecule has 0 aromatic carbocycles. The fourth-order valence-electron chi connectivity index (χ4n) is 1.77. The highest BCUT2D eigenvalue weighted by Crippen LogP contribution is 2.35. The average molecular weight is 313 g/mol. The standard InChI is InChI=1S/C13H13F6NO/c1-7-3-8(2)11(21)20-10(4-7)5-9(13(17,18)19)6-12(14,15)16/h3-5,8H,6H2,1-2H3,(H,20,21)/b9-5-/t8-/m1/s1. The summed E-state index contributed by atoms with van der Waals surface area (Å²) in [6, 6.07) is 0. The van der Waals surface area contributed by atoms with Gasteiger partial charge in [-0.2, -0.15) is 26.3 Å². The van der Waals surface area contributed by atoms with E-state index in [1.54, 1.807) is 6.92 Å². The van der Waals surface area contributed by atoms with Crippen LogP contribution in [-0.4, -0.2) is 18.3 Å². The normalized spacial score (nSPS) is 21.4. The van der Waals surface area contributed by atoms with E-state index in [0.717, 1.165) is 0 Å². The molecular weight excluding hydrogens is 300 g/mol. The molecule has 0 bridgehead atoms. The van der Waals surface area contributed by atoms with Gasteiger partial charge >= 0.3 is 12.4 Å². The number of amides is 1. The second kappa shape index (κ2) is 5.95. The molecule has 118 valence electrons. The number of alkyl halides is 6. The van der Waals surface area contributed by atoms with E-state index in [2.05, 4.69) is 5.32 Å². The third kappa shape index (κ3) is 5.65. The predicted molar refractivity (Wildman–Crippen MR) is 64.0 cm³/mol. The van der Waals surface area contributed by atoms with Gasteiger partial charge in [0.05, 0.1) is 12.3 Å². The molecule has 0 aliphatic carbocycles. The molecule has 1 aliphatic heterocycles. The molecule has 0 saturated heterocycles. The molecule has 1 amide bonds. The van der Waals surface area contributed by atoms with Crippen molar-refractivity contribution in [3.8, 4) is 0 Å². The van der Waals surface area contributed by atoms with Crippen molar-refractivity contribution in [1.82, 2.24) is 5.32 Å². The molecule has 0 saturated carbocycles. The second-order valence-electron chi connectivity index (χ2n) is 4.75. The Bertz CT molecular complexity index is 510. The summed E-state index contributed by atoms with van der Waals surface area (Å²) in [4.78, 5) is 11.6. The smallest absolute Gasteiger partial charge is 0.326 e. The highest BCUT2D eigenvalue weighted by atomic mass is 19.4. The quantitative estimate of drug-likeness (QED) is 0.766. The van der Waals surface area contributed by atoms with E-state index in [9.17, 15) is 31.1 Å². The van der Waals surface area contributed by atoms with Crippen LogP contribution in [0.4, 0.5) is 26.3 Å². The lowest BCUT2D eigenvalue weighted by atomic mass is 10.1. The molecule has 8 heteroatoms. The van der Waals surface area contributed by atoms with E-state index >= 15 is 0 Å². The monoisotopic (exact) mass is 313 g/mol. The molecular formula is C13H13F6NO. The zero-order valence-corrected chi connectivity index (χ0v) is 11.2. The van der Waals surface area contributed by atoms with E-state index in [4.69, 9.17) is 0 Å². The zero-order valence-electron chi connectivity index (χ0n) is 11.2. The van der Waals surface area contributed by atoms with Crippen molar-refractivity contribution in [1.29, 1.82) is 0 Å². The SMILES string of the molecule is CC1=C[C@@H](C)C(=O)NC(/C=C(/CC(F)(F)F)C(F)(F)F)=C1. The van der Waals surface area contributed by atoms with Gasteiger partial charge < -0.3 is 5.32 Å². The van der Waals surface area contributed by atoms with E-state index < -0.39 is 36.2 Å². The van der Waals surface area contributed by atoms with Crippen LogP contribution >= 0.6 is 0 Å². The van der Waals surface area contributed by atoms with Crippen molar-refractivity contribution in [3.63, 3.8) is 0 Å². The molecule has 0 unspecified atom stereocenters. The van der Waals surface area contributed by atoms with E-state index in [1.165, 1.54) is 19.1 Å². The van der Waals surface area contributed by atoms with Crippen LogP contribution in [0.3, 0.4) is 0 Å². The molecule has 1 rings (SSSR count). The van der Waals surface area contributed by atoms with Crippen LogP contribution in [0.1, 0.15) is 20.3 Å². The number of carbonyl (C=O) groups is 1. The predicted octanol–water partition coefficient (Wildman–Crippen LogP) is 4.02. The van der Waals surface area contributed by atoms with Gasteiger partial charge in [0.2, 0.25) is 5.91 Å². The Morgan fingerprint density at radius 3 is 2.33 bits per heavy atom. The summed E-state index contributed by atoms with van der Waals surface area (Å²) in [5.74, 6) is -1.16. The molecule has 0 aromatic rings. The van der Waals surface area contributed by atoms with Crippen LogP contribution in [0.25, 0.3) is 0 Å². The maximum atomic E-state index is 12.7. The van der Waals surface area contributed by atoms with Crippen LogP contribution in [0.15, 0.2) is 35.1 Å². The third-order valence-corrected chi connectivity index (χ3v) is 2.66. The Morgan fingerprint density at radius 1 is 1.29 bits per heavy atom. The Kier molecular flexibility index (Phi) is 4.91. The molecule has 1 aliphatic rings. The van der Waals surface area contributed by atoms with Gasteiger partial charge in [0, 0.05) is 11.3 Å². The Labute approximate surface area is 117 Å². The number of rotatable bonds is 2. The fraction of sp³-hybridized carbons (Fsp3) is 0.462. The van der Waals surface area contributed by atoms with Gasteiger partial charge in [-0.25, -0.2) is 0 Å². The molecule has 0 fully saturated rings. The van der Waals surface area contributed by atoms with Crippen molar-refractivity contribution in [2.45, 2.75) is 32.6 Å². The summed E-state index contributed by atoms with van der Waals surface area (Å²) in [6.45, 7) is 3.07. The minimum absolute atomic E-state index is 0.310. The van der Waals surface area contributed by atoms with Gasteiger partial charge in [-0.1, -0.05) is 18.6 Å². The van der Waals surface area contributed by atoms with Crippen LogP contribution in [0.5, 0.6) is 0 Å². The molecule has 1 heterocycles. The van der Waals surface area contributed by atoms with Crippen molar-refractivity contribution < 1.29 is 31.1 Å². The van der Waals surface area contributed by atoms with Gasteiger partial charge in [0.1, 0.15) is 0 Å². The maximum Gasteiger partial charge on any atom is 0.413 e. The number of nitrogens with one attached hydrogen (secondary N) is 1. The minimum atomic E-state index is -5.13. The third-order valence-electron chi connectivity index (χ3n) is 2.66. The first-order valence-corrected chi connectivity index (χ1v) is 5.94. The Hall–Kier alpha value is -1.73. The number of allylic oxidation sites excluding steroid dienone is 4. The Morgan fingerprint density at radius 2 is 1.86 bits per heavy atom. The fourth-order valence-corrected chi connectivity index (χ4v) is 1.77. The summed E-state index contributed by atoms with van der Waals surface area (Å²) in [5.41, 5.74) is -1.58. The molecule has 1 atom stereocenters. The van der Waals surface area contributed by atoms with Crippen molar-refractivity contribution in [2.75, 3.05) is 0 Å². The lowest BCUT2D eigenvalue weighted by Gasteiger charge is -2.15. The van der Waals surface area contributed by atoms with Crippen LogP contribution in [-0.2, 0) is 4.79 Å². The molecule has 0 radical (unpaired) electrons. The molecule has 2 nitrogen and oxygen atoms in total. The lowest BCUT2D eigenvalue weighted by Crippen LogP contribution is -2.27. The summed E-state index contributed by atoms with van der Waals surface area (Å²) >= 11 is 0. The van der Waals surface area contributed by atoms with Crippen LogP contribution in [0, 0.1) is 5.92 Å². The van der Waals surface area contributed by atoms with Gasteiger partial charge in [0.25, 0.3) is 0 Å². The largest absolute Gasteiger partial charge is 0.413 e. The highest BCUT2D eigenvalue weighted by Gasteiger charge is 2.41. The summed E-state index contributed by atoms with van der Waals surface area (Å²) in [6.07, 6.45) is -9.20.